The van der Waals surface area contributed by atoms with Crippen molar-refractivity contribution in [1.82, 2.24) is 0 Å². The summed E-state index contributed by atoms with van der Waals surface area (Å²) in [6.45, 7) is -0.999. The van der Waals surface area contributed by atoms with E-state index < -0.39 is 55.7 Å². The van der Waals surface area contributed by atoms with Crippen LogP contribution in [0.4, 0.5) is 0 Å². The van der Waals surface area contributed by atoms with Crippen molar-refractivity contribution in [3.05, 3.63) is 7.43 Å². The van der Waals surface area contributed by atoms with E-state index in [4.69, 9.17) is 15.0 Å². The third-order valence-corrected chi connectivity index (χ3v) is 6.15. The zero-order valence-electron chi connectivity index (χ0n) is 10.9. The number of hydrogen-bond acceptors (Lipinski definition) is 8. The molecule has 2 atom stereocenters. The minimum atomic E-state index is -3.81. The molecule has 19 heavy (non-hydrogen) atoms. The molecular formula is C8H17NNaO7S2-. The second-order valence-electron chi connectivity index (χ2n) is 3.15. The smallest absolute Gasteiger partial charge is 0.537 e. The third-order valence-electron chi connectivity index (χ3n) is 1.56. The van der Waals surface area contributed by atoms with E-state index in [2.05, 4.69) is 4.74 Å². The van der Waals surface area contributed by atoms with Crippen molar-refractivity contribution in [2.24, 2.45) is 0 Å². The SMILES string of the molecule is N=S(=O)(CCO)CS(=O)(=O)CCOC(O)[C-]=O.[CH3-].[Na+]. The van der Waals surface area contributed by atoms with Crippen LogP contribution in [0.15, 0.2) is 0 Å². The van der Waals surface area contributed by atoms with E-state index in [1.165, 1.54) is 0 Å². The Hall–Kier alpha value is 0.450. The van der Waals surface area contributed by atoms with E-state index in [0.29, 0.717) is 0 Å². The summed E-state index contributed by atoms with van der Waals surface area (Å²) < 4.78 is 45.6. The van der Waals surface area contributed by atoms with E-state index in [-0.39, 0.29) is 37.0 Å². The van der Waals surface area contributed by atoms with Gasteiger partial charge in [-0.2, -0.15) is 0 Å². The Morgan fingerprint density at radius 1 is 1.26 bits per heavy atom. The van der Waals surface area contributed by atoms with Crippen molar-refractivity contribution in [3.8, 4) is 0 Å². The van der Waals surface area contributed by atoms with E-state index in [0.717, 1.165) is 6.29 Å². The van der Waals surface area contributed by atoms with Crippen molar-refractivity contribution in [2.75, 3.05) is 29.8 Å². The molecule has 0 rings (SSSR count). The number of nitrogens with one attached hydrogen (secondary N) is 1. The maximum Gasteiger partial charge on any atom is 1.00 e. The molecule has 11 heteroatoms. The van der Waals surface area contributed by atoms with Gasteiger partial charge >= 0.3 is 29.6 Å². The van der Waals surface area contributed by atoms with Crippen LogP contribution in [0.3, 0.4) is 0 Å². The van der Waals surface area contributed by atoms with Gasteiger partial charge in [0, 0.05) is 0 Å². The van der Waals surface area contributed by atoms with Gasteiger partial charge in [0.25, 0.3) is 0 Å². The van der Waals surface area contributed by atoms with Crippen LogP contribution in [0.2, 0.25) is 0 Å². The molecule has 0 saturated carbocycles. The van der Waals surface area contributed by atoms with Gasteiger partial charge in [-0.25, -0.2) is 18.9 Å². The molecule has 3 N–H and O–H groups in total. The maximum atomic E-state index is 11.3. The quantitative estimate of drug-likeness (QED) is 0.219. The van der Waals surface area contributed by atoms with Crippen LogP contribution in [-0.2, 0) is 29.1 Å². The first-order chi connectivity index (χ1) is 7.72. The summed E-state index contributed by atoms with van der Waals surface area (Å²) in [5.74, 6) is -0.995. The number of carbonyl (C=O) groups excluding carboxylic acids is 1. The first-order valence-corrected chi connectivity index (χ1v) is 8.17. The van der Waals surface area contributed by atoms with Gasteiger partial charge in [0.2, 0.25) is 0 Å². The van der Waals surface area contributed by atoms with Crippen LogP contribution in [0.25, 0.3) is 0 Å². The van der Waals surface area contributed by atoms with Gasteiger partial charge in [-0.1, -0.05) is 0 Å². The van der Waals surface area contributed by atoms with E-state index in [1.54, 1.807) is 0 Å². The third kappa shape index (κ3) is 13.2. The second kappa shape index (κ2) is 11.1. The summed E-state index contributed by atoms with van der Waals surface area (Å²) in [6, 6.07) is 0. The van der Waals surface area contributed by atoms with E-state index >= 15 is 0 Å². The molecule has 0 aliphatic carbocycles. The van der Waals surface area contributed by atoms with Gasteiger partial charge in [-0.15, -0.1) is 0 Å². The summed E-state index contributed by atoms with van der Waals surface area (Å²) >= 11 is 0. The van der Waals surface area contributed by atoms with Gasteiger partial charge in [0.05, 0.1) is 40.7 Å². The monoisotopic (exact) mass is 326 g/mol. The maximum absolute atomic E-state index is 11.3. The number of sulfone groups is 1. The van der Waals surface area contributed by atoms with Gasteiger partial charge in [-0.05, 0) is 0 Å². The number of rotatable bonds is 9. The molecule has 8 nitrogen and oxygen atoms in total. The van der Waals surface area contributed by atoms with Crippen LogP contribution < -0.4 is 29.6 Å². The average Bonchev–Trinajstić information content (AvgIpc) is 2.14. The summed E-state index contributed by atoms with van der Waals surface area (Å²) in [6.07, 6.45) is -0.735. The zero-order valence-corrected chi connectivity index (χ0v) is 14.5. The number of aliphatic hydroxyl groups is 2. The van der Waals surface area contributed by atoms with Gasteiger partial charge in [-0.3, -0.25) is 4.78 Å². The molecule has 0 amide bonds. The molecule has 0 heterocycles. The second-order valence-corrected chi connectivity index (χ2v) is 8.02. The molecular weight excluding hydrogens is 309 g/mol. The fraction of sp³-hybridized carbons (Fsp3) is 0.750. The van der Waals surface area contributed by atoms with E-state index in [1.807, 2.05) is 0 Å². The van der Waals surface area contributed by atoms with Gasteiger partial charge < -0.3 is 27.2 Å². The number of ether oxygens (including phenoxy) is 1. The van der Waals surface area contributed by atoms with Crippen molar-refractivity contribution >= 4 is 25.9 Å². The van der Waals surface area contributed by atoms with Crippen molar-refractivity contribution in [3.63, 3.8) is 0 Å². The Labute approximate surface area is 135 Å². The van der Waals surface area contributed by atoms with Gasteiger partial charge in [0.15, 0.2) is 9.84 Å². The predicted octanol–water partition coefficient (Wildman–Crippen LogP) is -4.70. The van der Waals surface area contributed by atoms with Crippen LogP contribution >= 0.6 is 0 Å². The number of hydrogen-bond donors (Lipinski definition) is 3. The molecule has 0 aromatic rings. The van der Waals surface area contributed by atoms with Crippen molar-refractivity contribution < 1.29 is 61.9 Å². The van der Waals surface area contributed by atoms with Crippen LogP contribution in [-0.4, -0.2) is 65.2 Å². The molecule has 110 valence electrons. The minimum absolute atomic E-state index is 0. The molecule has 0 aromatic heterocycles. The van der Waals surface area contributed by atoms with Crippen molar-refractivity contribution in [2.45, 2.75) is 6.29 Å². The summed E-state index contributed by atoms with van der Waals surface area (Å²) in [4.78, 5) is 9.82. The molecule has 2 unspecified atom stereocenters. The molecule has 0 bridgehead atoms. The molecule has 0 radical (unpaired) electrons. The topological polar surface area (TPSA) is 142 Å². The molecule has 0 aliphatic heterocycles. The Morgan fingerprint density at radius 3 is 2.21 bits per heavy atom. The van der Waals surface area contributed by atoms with Gasteiger partial charge in [0.1, 0.15) is 5.08 Å². The molecule has 0 spiro atoms. The van der Waals surface area contributed by atoms with E-state index in [9.17, 15) is 17.4 Å². The predicted molar refractivity (Wildman–Crippen MR) is 65.5 cm³/mol. The summed E-state index contributed by atoms with van der Waals surface area (Å²) in [7, 11) is -7.18. The normalized spacial score (nSPS) is 15.5. The number of aliphatic hydroxyl groups excluding tert-OH is 2. The first-order valence-electron chi connectivity index (χ1n) is 4.45. The molecule has 0 saturated heterocycles. The zero-order chi connectivity index (χ0) is 13.5. The fourth-order valence-corrected chi connectivity index (χ4v) is 4.78. The molecule has 0 aliphatic rings. The summed E-state index contributed by atoms with van der Waals surface area (Å²) in [5.41, 5.74) is 0. The van der Waals surface area contributed by atoms with Crippen molar-refractivity contribution in [1.29, 1.82) is 4.78 Å². The Balaban J connectivity index is -0.00000128. The largest absolute Gasteiger partial charge is 1.00 e. The average molecular weight is 326 g/mol. The van der Waals surface area contributed by atoms with Crippen LogP contribution in [0.1, 0.15) is 0 Å². The Kier molecular flexibility index (Phi) is 14.4. The minimum Gasteiger partial charge on any atom is -0.537 e. The van der Waals surface area contributed by atoms with Crippen LogP contribution in [0, 0.1) is 12.2 Å². The first kappa shape index (κ1) is 24.5. The summed E-state index contributed by atoms with van der Waals surface area (Å²) in [5, 5.41) is 16.2. The fourth-order valence-electron chi connectivity index (χ4n) is 0.876. The molecule has 0 aromatic carbocycles. The Bertz CT molecular complexity index is 434. The molecule has 0 fully saturated rings. The Morgan fingerprint density at radius 2 is 1.79 bits per heavy atom. The standard InChI is InChI=1S/C7H14NO7S2.CH3.Na/c8-16(12,3-1-9)6-17(13,14)4-2-15-7(11)5-10;;/h7-9,11H,1-4,6H2;1H3;/q2*-1;+1. The van der Waals surface area contributed by atoms with Crippen LogP contribution in [0.5, 0.6) is 0 Å².